The molecular weight excluding hydrogens is 327 g/mol. The number of anilines is 1. The number of hydrogen-bond acceptors (Lipinski definition) is 3. The number of nitrogens with one attached hydrogen (secondary N) is 1. The molecule has 8 heteroatoms. The van der Waals surface area contributed by atoms with Gasteiger partial charge in [0, 0.05) is 12.4 Å². The van der Waals surface area contributed by atoms with Crippen LogP contribution in [0.4, 0.5) is 18.9 Å². The van der Waals surface area contributed by atoms with Crippen LogP contribution in [-0.4, -0.2) is 27.5 Å². The summed E-state index contributed by atoms with van der Waals surface area (Å²) < 4.78 is 39.2. The second-order valence-corrected chi connectivity index (χ2v) is 5.83. The minimum atomic E-state index is -4.49. The molecule has 0 spiro atoms. The first kappa shape index (κ1) is 17.4. The van der Waals surface area contributed by atoms with Crippen LogP contribution in [-0.2, 0) is 11.0 Å². The molecule has 1 unspecified atom stereocenters. The molecule has 0 aliphatic heterocycles. The molecule has 2 aromatic rings. The number of nitrogens with zero attached hydrogens (tertiary/aromatic N) is 2. The number of amides is 1. The topological polar surface area (TPSA) is 46.9 Å². The first-order valence-electron chi connectivity index (χ1n) is 6.87. The van der Waals surface area contributed by atoms with Gasteiger partial charge in [-0.1, -0.05) is 0 Å². The van der Waals surface area contributed by atoms with Gasteiger partial charge in [0.15, 0.2) is 0 Å². The highest BCUT2D eigenvalue weighted by Crippen LogP contribution is 2.28. The predicted molar refractivity (Wildman–Crippen MR) is 84.3 cm³/mol. The van der Waals surface area contributed by atoms with Gasteiger partial charge in [0.1, 0.15) is 11.7 Å². The smallest absolute Gasteiger partial charge is 0.342 e. The van der Waals surface area contributed by atoms with Crippen LogP contribution >= 0.6 is 11.8 Å². The van der Waals surface area contributed by atoms with Crippen LogP contribution in [0.5, 0.6) is 0 Å². The zero-order chi connectivity index (χ0) is 16.9. The quantitative estimate of drug-likeness (QED) is 0.867. The van der Waals surface area contributed by atoms with Crippen LogP contribution in [0.3, 0.4) is 0 Å². The Morgan fingerprint density at radius 1 is 1.35 bits per heavy atom. The van der Waals surface area contributed by atoms with Crippen LogP contribution in [0.15, 0.2) is 42.9 Å². The minimum absolute atomic E-state index is 0.240. The summed E-state index contributed by atoms with van der Waals surface area (Å²) in [7, 11) is 0. The summed E-state index contributed by atoms with van der Waals surface area (Å²) in [5.74, 6) is 0.512. The number of pyridine rings is 1. The second kappa shape index (κ2) is 7.54. The van der Waals surface area contributed by atoms with Crippen molar-refractivity contribution in [1.29, 1.82) is 0 Å². The van der Waals surface area contributed by atoms with Crippen molar-refractivity contribution >= 4 is 23.4 Å². The van der Waals surface area contributed by atoms with Gasteiger partial charge in [0.2, 0.25) is 5.91 Å². The van der Waals surface area contributed by atoms with Crippen molar-refractivity contribution in [2.24, 2.45) is 0 Å². The van der Waals surface area contributed by atoms with E-state index in [9.17, 15) is 18.0 Å². The minimum Gasteiger partial charge on any atom is -0.342 e. The summed E-state index contributed by atoms with van der Waals surface area (Å²) in [5, 5.41) is 2.62. The molecule has 0 fully saturated rings. The van der Waals surface area contributed by atoms with Crippen molar-refractivity contribution in [3.8, 4) is 0 Å². The number of carbonyl (C=O) groups is 1. The lowest BCUT2D eigenvalue weighted by atomic mass is 10.2. The Morgan fingerprint density at radius 2 is 2.04 bits per heavy atom. The first-order valence-corrected chi connectivity index (χ1v) is 8.26. The molecule has 0 aliphatic carbocycles. The lowest BCUT2D eigenvalue weighted by molar-refractivity contribution is -0.141. The third-order valence-corrected chi connectivity index (χ3v) is 3.85. The lowest BCUT2D eigenvalue weighted by Crippen LogP contribution is -2.26. The Kier molecular flexibility index (Phi) is 5.70. The van der Waals surface area contributed by atoms with Crippen molar-refractivity contribution in [2.45, 2.75) is 18.6 Å². The molecule has 4 nitrogen and oxygen atoms in total. The van der Waals surface area contributed by atoms with E-state index in [-0.39, 0.29) is 11.6 Å². The monoisotopic (exact) mass is 343 g/mol. The molecule has 0 aliphatic rings. The van der Waals surface area contributed by atoms with Crippen molar-refractivity contribution in [2.75, 3.05) is 17.3 Å². The van der Waals surface area contributed by atoms with Gasteiger partial charge in [-0.3, -0.25) is 4.79 Å². The molecule has 2 aromatic heterocycles. The van der Waals surface area contributed by atoms with E-state index in [4.69, 9.17) is 0 Å². The third-order valence-electron chi connectivity index (χ3n) is 3.21. The van der Waals surface area contributed by atoms with Crippen LogP contribution in [0.2, 0.25) is 0 Å². The van der Waals surface area contributed by atoms with E-state index in [1.807, 2.05) is 18.4 Å². The molecule has 0 aromatic carbocycles. The van der Waals surface area contributed by atoms with Crippen molar-refractivity contribution < 1.29 is 18.0 Å². The zero-order valence-corrected chi connectivity index (χ0v) is 13.2. The molecule has 0 saturated carbocycles. The van der Waals surface area contributed by atoms with Gasteiger partial charge >= 0.3 is 6.18 Å². The average Bonchev–Trinajstić information content (AvgIpc) is 3.01. The lowest BCUT2D eigenvalue weighted by Gasteiger charge is -2.18. The molecule has 2 rings (SSSR count). The van der Waals surface area contributed by atoms with E-state index in [1.165, 1.54) is 6.07 Å². The number of thioether (sulfide) groups is 1. The maximum atomic E-state index is 12.5. The number of rotatable bonds is 6. The normalized spacial score (nSPS) is 12.9. The van der Waals surface area contributed by atoms with Crippen molar-refractivity contribution in [3.63, 3.8) is 0 Å². The van der Waals surface area contributed by atoms with E-state index < -0.39 is 17.9 Å². The highest BCUT2D eigenvalue weighted by Gasteiger charge is 2.32. The fraction of sp³-hybridized carbons (Fsp3) is 0.333. The Morgan fingerprint density at radius 3 is 2.57 bits per heavy atom. The maximum absolute atomic E-state index is 12.5. The summed E-state index contributed by atoms with van der Waals surface area (Å²) in [5.41, 5.74) is -0.746. The van der Waals surface area contributed by atoms with Gasteiger partial charge in [0.05, 0.1) is 11.9 Å². The number of halogens is 3. The molecular formula is C15H16F3N3OS. The molecule has 0 bridgehead atoms. The Labute approximate surface area is 136 Å². The largest absolute Gasteiger partial charge is 0.433 e. The summed E-state index contributed by atoms with van der Waals surface area (Å²) in [6.45, 7) is 0. The highest BCUT2D eigenvalue weighted by atomic mass is 32.2. The second-order valence-electron chi connectivity index (χ2n) is 4.85. The van der Waals surface area contributed by atoms with E-state index in [1.54, 1.807) is 28.7 Å². The Hall–Kier alpha value is -1.96. The number of alkyl halides is 3. The van der Waals surface area contributed by atoms with Gasteiger partial charge in [-0.2, -0.15) is 24.9 Å². The van der Waals surface area contributed by atoms with Gasteiger partial charge in [0.25, 0.3) is 0 Å². The predicted octanol–water partition coefficient (Wildman–Crippen LogP) is 3.83. The third kappa shape index (κ3) is 4.75. The summed E-state index contributed by atoms with van der Waals surface area (Å²) in [6.07, 6.45) is 2.67. The fourth-order valence-electron chi connectivity index (χ4n) is 2.06. The van der Waals surface area contributed by atoms with Gasteiger partial charge < -0.3 is 9.88 Å². The summed E-state index contributed by atoms with van der Waals surface area (Å²) in [4.78, 5) is 15.7. The molecule has 2 heterocycles. The molecule has 0 radical (unpaired) electrons. The van der Waals surface area contributed by atoms with Crippen molar-refractivity contribution in [1.82, 2.24) is 9.55 Å². The average molecular weight is 343 g/mol. The summed E-state index contributed by atoms with van der Waals surface area (Å²) in [6, 6.07) is 5.27. The van der Waals surface area contributed by atoms with E-state index in [2.05, 4.69) is 10.3 Å². The molecule has 124 valence electrons. The SMILES string of the molecule is CSCCC(C(=O)Nc1ccc(C(F)(F)F)nc1)n1cccc1. The number of hydrogen-bond donors (Lipinski definition) is 1. The van der Waals surface area contributed by atoms with Crippen LogP contribution in [0.25, 0.3) is 0 Å². The van der Waals surface area contributed by atoms with E-state index in [0.717, 1.165) is 18.0 Å². The Bertz CT molecular complexity index is 626. The van der Waals surface area contributed by atoms with Crippen molar-refractivity contribution in [3.05, 3.63) is 48.5 Å². The molecule has 1 atom stereocenters. The van der Waals surface area contributed by atoms with Crippen LogP contribution < -0.4 is 5.32 Å². The van der Waals surface area contributed by atoms with E-state index in [0.29, 0.717) is 6.42 Å². The number of carbonyl (C=O) groups excluding carboxylic acids is 1. The van der Waals surface area contributed by atoms with Crippen LogP contribution in [0, 0.1) is 0 Å². The van der Waals surface area contributed by atoms with E-state index >= 15 is 0 Å². The van der Waals surface area contributed by atoms with Gasteiger partial charge in [-0.15, -0.1) is 0 Å². The fourth-order valence-corrected chi connectivity index (χ4v) is 2.52. The highest BCUT2D eigenvalue weighted by molar-refractivity contribution is 7.98. The standard InChI is InChI=1S/C15H16F3N3OS/c1-23-9-6-12(21-7-2-3-8-21)14(22)20-11-4-5-13(19-10-11)15(16,17)18/h2-5,7-8,10,12H,6,9H2,1H3,(H,20,22). The summed E-state index contributed by atoms with van der Waals surface area (Å²) >= 11 is 1.62. The molecule has 1 amide bonds. The molecule has 23 heavy (non-hydrogen) atoms. The van der Waals surface area contributed by atoms with Gasteiger partial charge in [-0.25, -0.2) is 4.98 Å². The van der Waals surface area contributed by atoms with Crippen LogP contribution in [0.1, 0.15) is 18.2 Å². The zero-order valence-electron chi connectivity index (χ0n) is 12.4. The number of aromatic nitrogens is 2. The molecule has 1 N–H and O–H groups in total. The maximum Gasteiger partial charge on any atom is 0.433 e. The Balaban J connectivity index is 2.09. The van der Waals surface area contributed by atoms with Gasteiger partial charge in [-0.05, 0) is 42.7 Å². The molecule has 0 saturated heterocycles. The first-order chi connectivity index (χ1) is 10.9.